The first-order valence-electron chi connectivity index (χ1n) is 22.1. The first-order valence-corrected chi connectivity index (χ1v) is 22.9. The molecule has 0 aliphatic heterocycles. The van der Waals surface area contributed by atoms with Gasteiger partial charge in [0.2, 0.25) is 0 Å². The first-order chi connectivity index (χ1) is 34.2. The Morgan fingerprint density at radius 3 is 1.43 bits per heavy atom. The number of imidazole rings is 2. The fourth-order valence-electron chi connectivity index (χ4n) is 9.07. The van der Waals surface area contributed by atoms with Crippen LogP contribution in [0.15, 0.2) is 224 Å². The monoisotopic (exact) mass is 1080 g/mol. The van der Waals surface area contributed by atoms with Gasteiger partial charge in [0, 0.05) is 78.7 Å². The third-order valence-electron chi connectivity index (χ3n) is 12.0. The second kappa shape index (κ2) is 19.3. The summed E-state index contributed by atoms with van der Waals surface area (Å²) < 4.78 is 7.67. The molecule has 0 spiro atoms. The maximum atomic E-state index is 5.21. The third-order valence-corrected chi connectivity index (χ3v) is 12.5. The number of H-pyrrole nitrogens is 1. The molecule has 70 heavy (non-hydrogen) atoms. The van der Waals surface area contributed by atoms with Crippen LogP contribution in [0, 0.1) is 0 Å². The Labute approximate surface area is 425 Å². The predicted molar refractivity (Wildman–Crippen MR) is 293 cm³/mol. The molecule has 8 aromatic heterocycles. The van der Waals surface area contributed by atoms with E-state index in [0.29, 0.717) is 0 Å². The van der Waals surface area contributed by atoms with Gasteiger partial charge in [0.1, 0.15) is 24.3 Å². The van der Waals surface area contributed by atoms with Gasteiger partial charge >= 0.3 is 0 Å². The fraction of sp³-hybridized carbons (Fsp3) is 0. The van der Waals surface area contributed by atoms with E-state index in [2.05, 4.69) is 156 Å². The number of nitrogens with zero attached hydrogens (tertiary/aromatic N) is 11. The van der Waals surface area contributed by atoms with Crippen LogP contribution in [0.5, 0.6) is 0 Å². The zero-order valence-electron chi connectivity index (χ0n) is 37.0. The SMILES string of the molecule is Brc1ccccc1.I.c1ccc(-n2c3ccccc3c3c4nc(-c5ccncc5)n(-c5cncnc5)c4ccc32)cc1.c1ccc2c(c1)[nH]c1ccc3c(nc(-c4ccncc4)n3-c3cncnc3)c12. The summed E-state index contributed by atoms with van der Waals surface area (Å²) in [5.74, 6) is 1.67. The van der Waals surface area contributed by atoms with Gasteiger partial charge in [0.05, 0.1) is 69.3 Å². The number of rotatable bonds is 5. The van der Waals surface area contributed by atoms with Crippen molar-refractivity contribution in [2.24, 2.45) is 0 Å². The predicted octanol–water partition coefficient (Wildman–Crippen LogP) is 13.6. The third kappa shape index (κ3) is 8.01. The molecule has 336 valence electrons. The number of fused-ring (bicyclic) bond motifs is 10. The van der Waals surface area contributed by atoms with Crippen molar-refractivity contribution in [3.05, 3.63) is 224 Å². The van der Waals surface area contributed by atoms with Gasteiger partial charge in [-0.05, 0) is 84.9 Å². The molecule has 0 fully saturated rings. The van der Waals surface area contributed by atoms with E-state index in [0.717, 1.165) is 99.2 Å². The van der Waals surface area contributed by atoms with Crippen LogP contribution in [-0.2, 0) is 0 Å². The van der Waals surface area contributed by atoms with Crippen molar-refractivity contribution in [1.82, 2.24) is 58.6 Å². The van der Waals surface area contributed by atoms with Crippen LogP contribution in [-0.4, -0.2) is 58.6 Å². The number of hydrogen-bond donors (Lipinski definition) is 1. The number of aromatic amines is 1. The molecule has 8 heterocycles. The van der Waals surface area contributed by atoms with Crippen LogP contribution in [0.2, 0.25) is 0 Å². The van der Waals surface area contributed by atoms with Gasteiger partial charge in [0.25, 0.3) is 0 Å². The Morgan fingerprint density at radius 2 is 0.857 bits per heavy atom. The summed E-state index contributed by atoms with van der Waals surface area (Å²) in [5.41, 5.74) is 13.2. The van der Waals surface area contributed by atoms with Gasteiger partial charge in [-0.25, -0.2) is 29.9 Å². The lowest BCUT2D eigenvalue weighted by Gasteiger charge is -2.09. The van der Waals surface area contributed by atoms with E-state index in [1.54, 1.807) is 43.5 Å². The molecule has 0 aliphatic rings. The van der Waals surface area contributed by atoms with E-state index in [4.69, 9.17) is 9.97 Å². The van der Waals surface area contributed by atoms with E-state index < -0.39 is 0 Å². The molecule has 12 nitrogen and oxygen atoms in total. The fourth-order valence-corrected chi connectivity index (χ4v) is 9.37. The summed E-state index contributed by atoms with van der Waals surface area (Å²) in [4.78, 5) is 39.0. The molecule has 6 aromatic carbocycles. The topological polar surface area (TPSA) is 134 Å². The zero-order chi connectivity index (χ0) is 46.1. The van der Waals surface area contributed by atoms with Gasteiger partial charge in [-0.15, -0.1) is 24.0 Å². The van der Waals surface area contributed by atoms with E-state index in [1.807, 2.05) is 79.1 Å². The van der Waals surface area contributed by atoms with E-state index in [1.165, 1.54) is 17.1 Å². The Kier molecular flexibility index (Phi) is 12.1. The molecule has 0 unspecified atom stereocenters. The minimum atomic E-state index is 0. The Balaban J connectivity index is 0.000000134. The summed E-state index contributed by atoms with van der Waals surface area (Å²) >= 11 is 3.31. The standard InChI is InChI=1S/C28H18N6.C22H14N6.C6H5Br.HI/c1-2-6-20(7-3-1)33-23-9-5-4-8-22(23)26-24(33)10-11-25-27(26)32-28(19-12-14-29-15-13-19)34(25)21-16-30-18-31-17-21;1-2-4-17-16(3-1)20-18(26-17)5-6-19-21(20)27-22(14-7-9-23-10-8-14)28(19)15-11-24-13-25-12-15;7-6-4-2-1-3-5-6;/h1-18H;1-13,26H;1-5H;1H. The smallest absolute Gasteiger partial charge is 0.145 e. The van der Waals surface area contributed by atoms with Gasteiger partial charge in [-0.3, -0.25) is 19.1 Å². The minimum Gasteiger partial charge on any atom is -0.354 e. The number of pyridine rings is 2. The molecule has 14 heteroatoms. The molecule has 14 aromatic rings. The molecular formula is C56H38BrIN12. The van der Waals surface area contributed by atoms with Crippen molar-refractivity contribution in [3.63, 3.8) is 0 Å². The highest BCUT2D eigenvalue weighted by molar-refractivity contribution is 14.0. The van der Waals surface area contributed by atoms with Gasteiger partial charge in [-0.2, -0.15) is 0 Å². The normalized spacial score (nSPS) is 11.1. The quantitative estimate of drug-likeness (QED) is 0.168. The molecule has 0 saturated heterocycles. The van der Waals surface area contributed by atoms with Crippen molar-refractivity contribution >= 4 is 106 Å². The molecular weight excluding hydrogens is 1050 g/mol. The summed E-state index contributed by atoms with van der Waals surface area (Å²) in [7, 11) is 0. The van der Waals surface area contributed by atoms with Gasteiger partial charge in [-0.1, -0.05) is 88.7 Å². The summed E-state index contributed by atoms with van der Waals surface area (Å²) in [6.45, 7) is 0. The number of halogens is 2. The lowest BCUT2D eigenvalue weighted by atomic mass is 10.1. The van der Waals surface area contributed by atoms with Crippen molar-refractivity contribution in [1.29, 1.82) is 0 Å². The molecule has 0 amide bonds. The molecule has 0 atom stereocenters. The molecule has 1 N–H and O–H groups in total. The summed E-state index contributed by atoms with van der Waals surface area (Å²) in [6, 6.07) is 53.7. The van der Waals surface area contributed by atoms with E-state index in [-0.39, 0.29) is 24.0 Å². The summed E-state index contributed by atoms with van der Waals surface area (Å²) in [6.07, 6.45) is 17.5. The maximum absolute atomic E-state index is 5.21. The molecule has 0 aliphatic carbocycles. The largest absolute Gasteiger partial charge is 0.354 e. The van der Waals surface area contributed by atoms with E-state index >= 15 is 0 Å². The number of nitrogens with one attached hydrogen (secondary N) is 1. The number of para-hydroxylation sites is 3. The van der Waals surface area contributed by atoms with E-state index in [9.17, 15) is 0 Å². The number of aromatic nitrogens is 12. The Bertz CT molecular complexity index is 4070. The average Bonchev–Trinajstić information content (AvgIpc) is 4.20. The zero-order valence-corrected chi connectivity index (χ0v) is 40.9. The van der Waals surface area contributed by atoms with Crippen LogP contribution in [0.25, 0.3) is 106 Å². The highest BCUT2D eigenvalue weighted by Crippen LogP contribution is 2.40. The molecule has 0 bridgehead atoms. The van der Waals surface area contributed by atoms with Gasteiger partial charge < -0.3 is 9.55 Å². The average molecular weight is 1090 g/mol. The van der Waals surface area contributed by atoms with Crippen LogP contribution >= 0.6 is 39.9 Å². The second-order valence-electron chi connectivity index (χ2n) is 16.0. The maximum Gasteiger partial charge on any atom is 0.145 e. The van der Waals surface area contributed by atoms with Crippen LogP contribution < -0.4 is 0 Å². The van der Waals surface area contributed by atoms with Crippen molar-refractivity contribution in [3.8, 4) is 39.8 Å². The van der Waals surface area contributed by atoms with Crippen molar-refractivity contribution < 1.29 is 0 Å². The first kappa shape index (κ1) is 44.1. The number of hydrogen-bond acceptors (Lipinski definition) is 8. The number of benzene rings is 6. The van der Waals surface area contributed by atoms with Crippen molar-refractivity contribution in [2.75, 3.05) is 0 Å². The lowest BCUT2D eigenvalue weighted by molar-refractivity contribution is 1.04. The van der Waals surface area contributed by atoms with Crippen molar-refractivity contribution in [2.45, 2.75) is 0 Å². The highest BCUT2D eigenvalue weighted by atomic mass is 127. The lowest BCUT2D eigenvalue weighted by Crippen LogP contribution is -1.99. The molecule has 0 saturated carbocycles. The Morgan fingerprint density at radius 1 is 0.371 bits per heavy atom. The van der Waals surface area contributed by atoms with Gasteiger partial charge in [0.15, 0.2) is 0 Å². The van der Waals surface area contributed by atoms with Crippen LogP contribution in [0.3, 0.4) is 0 Å². The highest BCUT2D eigenvalue weighted by Gasteiger charge is 2.22. The minimum absolute atomic E-state index is 0. The Hall–Kier alpha value is -8.47. The second-order valence-corrected chi connectivity index (χ2v) is 17.0. The summed E-state index contributed by atoms with van der Waals surface area (Å²) in [5, 5.41) is 4.59. The molecule has 14 rings (SSSR count). The molecule has 0 radical (unpaired) electrons. The van der Waals surface area contributed by atoms with Crippen LogP contribution in [0.1, 0.15) is 0 Å². The van der Waals surface area contributed by atoms with Crippen LogP contribution in [0.4, 0.5) is 0 Å².